The largest absolute Gasteiger partial charge is 0.478 e. The van der Waals surface area contributed by atoms with Crippen molar-refractivity contribution in [1.29, 1.82) is 0 Å². The van der Waals surface area contributed by atoms with Gasteiger partial charge in [-0.3, -0.25) is 4.79 Å². The zero-order valence-corrected chi connectivity index (χ0v) is 11.8. The lowest BCUT2D eigenvalue weighted by molar-refractivity contribution is -0.116. The molecule has 6 nitrogen and oxygen atoms in total. The normalized spacial score (nSPS) is 20.1. The first-order chi connectivity index (χ1) is 9.77. The lowest BCUT2D eigenvalue weighted by atomic mass is 10.0. The standard InChI is InChI=1S/C13H14FNO5S/c14-9-1-2-10(13(17)18)11(6-9)15-12(16)5-8-3-4-21(19,20)7-8/h1-2,6,8H,3-5,7H2,(H,15,16)(H,17,18). The van der Waals surface area contributed by atoms with E-state index < -0.39 is 27.5 Å². The van der Waals surface area contributed by atoms with Crippen LogP contribution in [-0.4, -0.2) is 36.9 Å². The van der Waals surface area contributed by atoms with Gasteiger partial charge in [0.15, 0.2) is 9.84 Å². The smallest absolute Gasteiger partial charge is 0.337 e. The Labute approximate surface area is 120 Å². The van der Waals surface area contributed by atoms with Gasteiger partial charge in [-0.15, -0.1) is 0 Å². The molecule has 0 spiro atoms. The molecule has 2 N–H and O–H groups in total. The third-order valence-electron chi connectivity index (χ3n) is 3.29. The van der Waals surface area contributed by atoms with Gasteiger partial charge in [0.25, 0.3) is 0 Å². The predicted octanol–water partition coefficient (Wildman–Crippen LogP) is 1.29. The summed E-state index contributed by atoms with van der Waals surface area (Å²) in [7, 11) is -3.08. The van der Waals surface area contributed by atoms with E-state index in [4.69, 9.17) is 5.11 Å². The van der Waals surface area contributed by atoms with Gasteiger partial charge in [-0.1, -0.05) is 0 Å². The third-order valence-corrected chi connectivity index (χ3v) is 5.12. The Kier molecular flexibility index (Phi) is 4.26. The second-order valence-electron chi connectivity index (χ2n) is 5.02. The SMILES string of the molecule is O=C(CC1CCS(=O)(=O)C1)Nc1cc(F)ccc1C(=O)O. The molecule has 1 aliphatic heterocycles. The highest BCUT2D eigenvalue weighted by molar-refractivity contribution is 7.91. The summed E-state index contributed by atoms with van der Waals surface area (Å²) < 4.78 is 35.8. The second kappa shape index (κ2) is 5.80. The number of hydrogen-bond acceptors (Lipinski definition) is 4. The van der Waals surface area contributed by atoms with E-state index in [1.807, 2.05) is 0 Å². The number of hydrogen-bond donors (Lipinski definition) is 2. The van der Waals surface area contributed by atoms with Crippen LogP contribution in [-0.2, 0) is 14.6 Å². The van der Waals surface area contributed by atoms with E-state index in [2.05, 4.69) is 5.32 Å². The third kappa shape index (κ3) is 4.01. The van der Waals surface area contributed by atoms with Gasteiger partial charge >= 0.3 is 5.97 Å². The molecule has 1 unspecified atom stereocenters. The van der Waals surface area contributed by atoms with Crippen molar-refractivity contribution in [3.05, 3.63) is 29.6 Å². The molecular weight excluding hydrogens is 301 g/mol. The van der Waals surface area contributed by atoms with E-state index in [1.54, 1.807) is 0 Å². The fourth-order valence-corrected chi connectivity index (χ4v) is 4.16. The Morgan fingerprint density at radius 3 is 2.67 bits per heavy atom. The number of carboxylic acid groups (broad SMARTS) is 1. The number of nitrogens with one attached hydrogen (secondary N) is 1. The molecule has 0 radical (unpaired) electrons. The highest BCUT2D eigenvalue weighted by atomic mass is 32.2. The summed E-state index contributed by atoms with van der Waals surface area (Å²) in [5, 5.41) is 11.3. The van der Waals surface area contributed by atoms with Crippen molar-refractivity contribution in [2.75, 3.05) is 16.8 Å². The van der Waals surface area contributed by atoms with Crippen molar-refractivity contribution in [3.63, 3.8) is 0 Å². The number of halogens is 1. The highest BCUT2D eigenvalue weighted by Gasteiger charge is 2.29. The molecule has 114 valence electrons. The van der Waals surface area contributed by atoms with Gasteiger partial charge in [0, 0.05) is 6.42 Å². The van der Waals surface area contributed by atoms with Gasteiger partial charge in [0.1, 0.15) is 5.82 Å². The van der Waals surface area contributed by atoms with Crippen molar-refractivity contribution < 1.29 is 27.5 Å². The summed E-state index contributed by atoms with van der Waals surface area (Å²) in [6.45, 7) is 0. The molecule has 1 atom stereocenters. The summed E-state index contributed by atoms with van der Waals surface area (Å²) in [6, 6.07) is 2.97. The summed E-state index contributed by atoms with van der Waals surface area (Å²) in [5.74, 6) is -2.74. The predicted molar refractivity (Wildman–Crippen MR) is 73.4 cm³/mol. The number of benzene rings is 1. The monoisotopic (exact) mass is 315 g/mol. The molecule has 21 heavy (non-hydrogen) atoms. The molecule has 1 aromatic rings. The molecule has 2 rings (SSSR count). The second-order valence-corrected chi connectivity index (χ2v) is 7.25. The molecule has 1 aliphatic rings. The topological polar surface area (TPSA) is 101 Å². The van der Waals surface area contributed by atoms with Crippen LogP contribution in [0.4, 0.5) is 10.1 Å². The fourth-order valence-electron chi connectivity index (χ4n) is 2.30. The number of aromatic carboxylic acids is 1. The number of carbonyl (C=O) groups is 2. The molecule has 8 heteroatoms. The minimum Gasteiger partial charge on any atom is -0.478 e. The number of sulfone groups is 1. The maximum atomic E-state index is 13.1. The van der Waals surface area contributed by atoms with Crippen LogP contribution >= 0.6 is 0 Å². The Bertz CT molecular complexity index is 686. The number of amides is 1. The van der Waals surface area contributed by atoms with Gasteiger partial charge in [0.05, 0.1) is 22.8 Å². The lowest BCUT2D eigenvalue weighted by Gasteiger charge is -2.11. The van der Waals surface area contributed by atoms with Crippen LogP contribution in [0.3, 0.4) is 0 Å². The van der Waals surface area contributed by atoms with Crippen molar-refractivity contribution in [3.8, 4) is 0 Å². The molecule has 0 bridgehead atoms. The molecule has 1 fully saturated rings. The lowest BCUT2D eigenvalue weighted by Crippen LogP contribution is -2.19. The molecule has 1 amide bonds. The Morgan fingerprint density at radius 2 is 2.10 bits per heavy atom. The summed E-state index contributed by atoms with van der Waals surface area (Å²) >= 11 is 0. The Balaban J connectivity index is 2.06. The van der Waals surface area contributed by atoms with Crippen LogP contribution < -0.4 is 5.32 Å². The molecule has 1 aromatic carbocycles. The van der Waals surface area contributed by atoms with E-state index in [0.717, 1.165) is 18.2 Å². The van der Waals surface area contributed by atoms with Gasteiger partial charge in [-0.05, 0) is 30.5 Å². The van der Waals surface area contributed by atoms with E-state index in [9.17, 15) is 22.4 Å². The van der Waals surface area contributed by atoms with Crippen molar-refractivity contribution in [1.82, 2.24) is 0 Å². The minimum atomic E-state index is -3.08. The molecular formula is C13H14FNO5S. The number of carboxylic acids is 1. The van der Waals surface area contributed by atoms with E-state index >= 15 is 0 Å². The van der Waals surface area contributed by atoms with Gasteiger partial charge < -0.3 is 10.4 Å². The first-order valence-corrected chi connectivity index (χ1v) is 8.12. The van der Waals surface area contributed by atoms with E-state index in [-0.39, 0.29) is 35.1 Å². The van der Waals surface area contributed by atoms with Crippen LogP contribution in [0.2, 0.25) is 0 Å². The maximum absolute atomic E-state index is 13.1. The quantitative estimate of drug-likeness (QED) is 0.872. The fraction of sp³-hybridized carbons (Fsp3) is 0.385. The molecule has 1 saturated heterocycles. The van der Waals surface area contributed by atoms with Crippen molar-refractivity contribution in [2.24, 2.45) is 5.92 Å². The van der Waals surface area contributed by atoms with Crippen molar-refractivity contribution >= 4 is 27.4 Å². The van der Waals surface area contributed by atoms with Crippen LogP contribution in [0.15, 0.2) is 18.2 Å². The minimum absolute atomic E-state index is 0.0329. The van der Waals surface area contributed by atoms with E-state index in [1.165, 1.54) is 0 Å². The summed E-state index contributed by atoms with van der Waals surface area (Å²) in [6.07, 6.45) is 0.374. The molecule has 0 saturated carbocycles. The molecule has 0 aromatic heterocycles. The summed E-state index contributed by atoms with van der Waals surface area (Å²) in [4.78, 5) is 22.8. The van der Waals surface area contributed by atoms with Crippen LogP contribution in [0, 0.1) is 11.7 Å². The molecule has 0 aliphatic carbocycles. The average molecular weight is 315 g/mol. The highest BCUT2D eigenvalue weighted by Crippen LogP contribution is 2.23. The van der Waals surface area contributed by atoms with Gasteiger partial charge in [-0.25, -0.2) is 17.6 Å². The Hall–Kier alpha value is -1.96. The van der Waals surface area contributed by atoms with Crippen LogP contribution in [0.25, 0.3) is 0 Å². The van der Waals surface area contributed by atoms with Gasteiger partial charge in [0.2, 0.25) is 5.91 Å². The maximum Gasteiger partial charge on any atom is 0.337 e. The van der Waals surface area contributed by atoms with Crippen LogP contribution in [0.5, 0.6) is 0 Å². The van der Waals surface area contributed by atoms with Crippen molar-refractivity contribution in [2.45, 2.75) is 12.8 Å². The number of carbonyl (C=O) groups excluding carboxylic acids is 1. The molecule has 1 heterocycles. The zero-order chi connectivity index (χ0) is 15.6. The zero-order valence-electron chi connectivity index (χ0n) is 11.0. The Morgan fingerprint density at radius 1 is 1.38 bits per heavy atom. The number of rotatable bonds is 4. The average Bonchev–Trinajstić information content (AvgIpc) is 2.67. The number of anilines is 1. The van der Waals surface area contributed by atoms with E-state index in [0.29, 0.717) is 6.42 Å². The summed E-state index contributed by atoms with van der Waals surface area (Å²) in [5.41, 5.74) is -0.350. The van der Waals surface area contributed by atoms with Crippen LogP contribution in [0.1, 0.15) is 23.2 Å². The first kappa shape index (κ1) is 15.4. The van der Waals surface area contributed by atoms with Gasteiger partial charge in [-0.2, -0.15) is 0 Å². The first-order valence-electron chi connectivity index (χ1n) is 6.30.